The third-order valence-electron chi connectivity index (χ3n) is 3.76. The SMILES string of the molecule is Br.O=c1[nH]sc(C2CCNCC2)c1Cc1ccccc1. The largest absolute Gasteiger partial charge is 0.317 e. The van der Waals surface area contributed by atoms with Crippen LogP contribution in [0.2, 0.25) is 0 Å². The number of nitrogens with one attached hydrogen (secondary N) is 2. The van der Waals surface area contributed by atoms with E-state index in [9.17, 15) is 4.79 Å². The van der Waals surface area contributed by atoms with Gasteiger partial charge in [-0.05, 0) is 37.4 Å². The van der Waals surface area contributed by atoms with Crippen molar-refractivity contribution in [1.29, 1.82) is 0 Å². The first-order valence-corrected chi connectivity index (χ1v) is 7.61. The summed E-state index contributed by atoms with van der Waals surface area (Å²) in [6.45, 7) is 2.11. The lowest BCUT2D eigenvalue weighted by molar-refractivity contribution is 0.463. The molecule has 0 spiro atoms. The van der Waals surface area contributed by atoms with E-state index in [1.807, 2.05) is 18.2 Å². The first-order valence-electron chi connectivity index (χ1n) is 6.79. The van der Waals surface area contributed by atoms with Gasteiger partial charge in [0.2, 0.25) is 0 Å². The van der Waals surface area contributed by atoms with Crippen LogP contribution in [0.5, 0.6) is 0 Å². The molecule has 108 valence electrons. The van der Waals surface area contributed by atoms with Gasteiger partial charge in [-0.2, -0.15) is 0 Å². The Labute approximate surface area is 133 Å². The van der Waals surface area contributed by atoms with Crippen LogP contribution < -0.4 is 10.9 Å². The summed E-state index contributed by atoms with van der Waals surface area (Å²) in [4.78, 5) is 13.3. The van der Waals surface area contributed by atoms with Gasteiger partial charge in [-0.3, -0.25) is 9.17 Å². The number of piperidine rings is 1. The average molecular weight is 355 g/mol. The summed E-state index contributed by atoms with van der Waals surface area (Å²) in [5.74, 6) is 0.545. The molecule has 1 aliphatic heterocycles. The Morgan fingerprint density at radius 1 is 1.15 bits per heavy atom. The molecule has 0 radical (unpaired) electrons. The molecule has 0 amide bonds. The van der Waals surface area contributed by atoms with Gasteiger partial charge in [0, 0.05) is 16.9 Å². The van der Waals surface area contributed by atoms with Gasteiger partial charge in [0.1, 0.15) is 0 Å². The van der Waals surface area contributed by atoms with Crippen molar-refractivity contribution in [3.05, 3.63) is 56.7 Å². The molecule has 1 aromatic carbocycles. The number of halogens is 1. The van der Waals surface area contributed by atoms with Crippen LogP contribution >= 0.6 is 28.5 Å². The van der Waals surface area contributed by atoms with E-state index in [1.54, 1.807) is 0 Å². The molecule has 0 atom stereocenters. The Balaban J connectivity index is 0.00000147. The van der Waals surface area contributed by atoms with E-state index >= 15 is 0 Å². The summed E-state index contributed by atoms with van der Waals surface area (Å²) in [5.41, 5.74) is 2.28. The van der Waals surface area contributed by atoms with Crippen LogP contribution in [-0.4, -0.2) is 17.5 Å². The molecule has 1 saturated heterocycles. The minimum atomic E-state index is 0. The van der Waals surface area contributed by atoms with Crippen molar-refractivity contribution in [2.24, 2.45) is 0 Å². The van der Waals surface area contributed by atoms with E-state index in [0.717, 1.165) is 37.9 Å². The van der Waals surface area contributed by atoms with E-state index in [1.165, 1.54) is 22.0 Å². The van der Waals surface area contributed by atoms with Gasteiger partial charge in [0.05, 0.1) is 0 Å². The van der Waals surface area contributed by atoms with Crippen molar-refractivity contribution in [3.63, 3.8) is 0 Å². The van der Waals surface area contributed by atoms with Gasteiger partial charge in [-0.1, -0.05) is 41.9 Å². The summed E-state index contributed by atoms with van der Waals surface area (Å²) >= 11 is 1.54. The number of rotatable bonds is 3. The molecule has 3 rings (SSSR count). The summed E-state index contributed by atoms with van der Waals surface area (Å²) < 4.78 is 2.92. The summed E-state index contributed by atoms with van der Waals surface area (Å²) in [6.07, 6.45) is 3.02. The Hall–Kier alpha value is -0.910. The standard InChI is InChI=1S/C15H18N2OS.BrH/c18-15-13(10-11-4-2-1-3-5-11)14(19-17-15)12-6-8-16-9-7-12;/h1-5,12,16H,6-10H2,(H,17,18);1H. The molecule has 2 N–H and O–H groups in total. The fourth-order valence-corrected chi connectivity index (χ4v) is 3.73. The molecule has 3 nitrogen and oxygen atoms in total. The van der Waals surface area contributed by atoms with Gasteiger partial charge in [-0.25, -0.2) is 0 Å². The van der Waals surface area contributed by atoms with Crippen molar-refractivity contribution < 1.29 is 0 Å². The van der Waals surface area contributed by atoms with E-state index in [-0.39, 0.29) is 22.5 Å². The number of hydrogen-bond acceptors (Lipinski definition) is 3. The minimum absolute atomic E-state index is 0. The minimum Gasteiger partial charge on any atom is -0.317 e. The monoisotopic (exact) mass is 354 g/mol. The van der Waals surface area contributed by atoms with Crippen molar-refractivity contribution in [3.8, 4) is 0 Å². The van der Waals surface area contributed by atoms with E-state index in [0.29, 0.717) is 5.92 Å². The highest BCUT2D eigenvalue weighted by Crippen LogP contribution is 2.30. The smallest absolute Gasteiger partial charge is 0.261 e. The first kappa shape index (κ1) is 15.5. The zero-order valence-corrected chi connectivity index (χ0v) is 13.8. The highest BCUT2D eigenvalue weighted by Gasteiger charge is 2.22. The van der Waals surface area contributed by atoms with E-state index < -0.39 is 0 Å². The molecule has 2 aromatic rings. The summed E-state index contributed by atoms with van der Waals surface area (Å²) in [6, 6.07) is 10.2. The maximum Gasteiger partial charge on any atom is 0.261 e. The maximum atomic E-state index is 12.0. The highest BCUT2D eigenvalue weighted by molar-refractivity contribution is 8.93. The van der Waals surface area contributed by atoms with Gasteiger partial charge in [-0.15, -0.1) is 17.0 Å². The van der Waals surface area contributed by atoms with Crippen LogP contribution in [0.3, 0.4) is 0 Å². The third-order valence-corrected chi connectivity index (χ3v) is 4.85. The average Bonchev–Trinajstić information content (AvgIpc) is 2.82. The summed E-state index contributed by atoms with van der Waals surface area (Å²) in [7, 11) is 0. The molecule has 20 heavy (non-hydrogen) atoms. The van der Waals surface area contributed by atoms with Crippen LogP contribution in [0.15, 0.2) is 35.1 Å². The van der Waals surface area contributed by atoms with Crippen LogP contribution in [0.25, 0.3) is 0 Å². The van der Waals surface area contributed by atoms with Crippen LogP contribution in [-0.2, 0) is 6.42 Å². The molecule has 0 aliphatic carbocycles. The number of aromatic amines is 1. The lowest BCUT2D eigenvalue weighted by atomic mass is 9.92. The predicted octanol–water partition coefficient (Wildman–Crippen LogP) is 3.07. The fourth-order valence-electron chi connectivity index (χ4n) is 2.72. The van der Waals surface area contributed by atoms with Crippen LogP contribution in [0.1, 0.15) is 34.8 Å². The first-order chi connectivity index (χ1) is 9.34. The number of H-pyrrole nitrogens is 1. The highest BCUT2D eigenvalue weighted by atomic mass is 79.9. The molecule has 1 aliphatic rings. The van der Waals surface area contributed by atoms with Crippen molar-refractivity contribution >= 4 is 28.5 Å². The molecule has 0 bridgehead atoms. The van der Waals surface area contributed by atoms with Crippen LogP contribution in [0.4, 0.5) is 0 Å². The second-order valence-corrected chi connectivity index (χ2v) is 5.91. The quantitative estimate of drug-likeness (QED) is 0.889. The van der Waals surface area contributed by atoms with Crippen molar-refractivity contribution in [1.82, 2.24) is 9.69 Å². The Morgan fingerprint density at radius 3 is 2.55 bits per heavy atom. The molecular formula is C15H19BrN2OS. The van der Waals surface area contributed by atoms with E-state index in [2.05, 4.69) is 21.8 Å². The summed E-state index contributed by atoms with van der Waals surface area (Å²) in [5, 5.41) is 3.38. The maximum absolute atomic E-state index is 12.0. The van der Waals surface area contributed by atoms with Gasteiger partial charge in [0.25, 0.3) is 5.56 Å². The van der Waals surface area contributed by atoms with Crippen molar-refractivity contribution in [2.45, 2.75) is 25.2 Å². The van der Waals surface area contributed by atoms with Crippen LogP contribution in [0, 0.1) is 0 Å². The molecule has 0 saturated carbocycles. The van der Waals surface area contributed by atoms with Gasteiger partial charge in [0.15, 0.2) is 0 Å². The number of benzene rings is 1. The molecule has 1 aromatic heterocycles. The second kappa shape index (κ2) is 7.20. The lowest BCUT2D eigenvalue weighted by Crippen LogP contribution is -2.27. The Morgan fingerprint density at radius 2 is 1.85 bits per heavy atom. The molecule has 2 heterocycles. The lowest BCUT2D eigenvalue weighted by Gasteiger charge is -2.22. The zero-order chi connectivity index (χ0) is 13.1. The topological polar surface area (TPSA) is 44.9 Å². The van der Waals surface area contributed by atoms with Gasteiger partial charge < -0.3 is 5.32 Å². The van der Waals surface area contributed by atoms with Crippen molar-refractivity contribution in [2.75, 3.05) is 13.1 Å². The Bertz CT molecular complexity index is 587. The molecule has 1 fully saturated rings. The fraction of sp³-hybridized carbons (Fsp3) is 0.400. The third kappa shape index (κ3) is 3.40. The number of aromatic nitrogens is 1. The predicted molar refractivity (Wildman–Crippen MR) is 89.4 cm³/mol. The molecule has 5 heteroatoms. The van der Waals surface area contributed by atoms with E-state index in [4.69, 9.17) is 0 Å². The second-order valence-electron chi connectivity index (χ2n) is 5.06. The van der Waals surface area contributed by atoms with Gasteiger partial charge >= 0.3 is 0 Å². The number of hydrogen-bond donors (Lipinski definition) is 2. The molecule has 0 unspecified atom stereocenters. The zero-order valence-electron chi connectivity index (χ0n) is 11.2. The Kier molecular flexibility index (Phi) is 5.57. The molecular weight excluding hydrogens is 336 g/mol. The normalized spacial score (nSPS) is 15.8.